The van der Waals surface area contributed by atoms with Crippen molar-refractivity contribution in [1.29, 1.82) is 5.26 Å². The van der Waals surface area contributed by atoms with Gasteiger partial charge in [0.2, 0.25) is 0 Å². The van der Waals surface area contributed by atoms with Crippen molar-refractivity contribution in [3.05, 3.63) is 28.2 Å². The highest BCUT2D eigenvalue weighted by Crippen LogP contribution is 2.39. The highest BCUT2D eigenvalue weighted by atomic mass is 79.9. The second-order valence-corrected chi connectivity index (χ2v) is 6.42. The van der Waals surface area contributed by atoms with E-state index in [1.54, 1.807) is 0 Å². The van der Waals surface area contributed by atoms with Crippen LogP contribution >= 0.6 is 15.9 Å². The van der Waals surface area contributed by atoms with Crippen molar-refractivity contribution in [2.24, 2.45) is 5.41 Å². The zero-order valence-corrected chi connectivity index (χ0v) is 13.7. The molecule has 1 fully saturated rings. The van der Waals surface area contributed by atoms with Gasteiger partial charge in [-0.1, -0.05) is 19.4 Å². The quantitative estimate of drug-likeness (QED) is 0.896. The Bertz CT molecular complexity index is 572. The number of hydrogen-bond donors (Lipinski definition) is 1. The zero-order chi connectivity index (χ0) is 15.5. The number of benzene rings is 1. The number of piperidine rings is 1. The third kappa shape index (κ3) is 3.06. The summed E-state index contributed by atoms with van der Waals surface area (Å²) in [6.07, 6.45) is 2.87. The molecule has 4 nitrogen and oxygen atoms in total. The lowest BCUT2D eigenvalue weighted by Crippen LogP contribution is -2.44. The van der Waals surface area contributed by atoms with E-state index in [-0.39, 0.29) is 0 Å². The van der Waals surface area contributed by atoms with Gasteiger partial charge in [0.15, 0.2) is 0 Å². The number of nitrogens with zero attached hydrogens (tertiary/aromatic N) is 2. The second-order valence-electron chi connectivity index (χ2n) is 5.57. The van der Waals surface area contributed by atoms with E-state index in [0.717, 1.165) is 23.0 Å². The van der Waals surface area contributed by atoms with E-state index in [1.807, 2.05) is 25.1 Å². The fraction of sp³-hybridized carbons (Fsp3) is 0.500. The summed E-state index contributed by atoms with van der Waals surface area (Å²) in [5, 5.41) is 18.8. The Kier molecular flexibility index (Phi) is 4.89. The Morgan fingerprint density at radius 3 is 2.67 bits per heavy atom. The lowest BCUT2D eigenvalue weighted by molar-refractivity contribution is -0.150. The van der Waals surface area contributed by atoms with E-state index in [2.05, 4.69) is 26.9 Å². The first kappa shape index (κ1) is 15.8. The van der Waals surface area contributed by atoms with E-state index in [0.29, 0.717) is 31.5 Å². The van der Waals surface area contributed by atoms with Gasteiger partial charge in [-0.25, -0.2) is 0 Å². The van der Waals surface area contributed by atoms with Crippen LogP contribution in [0.1, 0.15) is 38.2 Å². The van der Waals surface area contributed by atoms with Crippen molar-refractivity contribution in [1.82, 2.24) is 0 Å². The number of anilines is 1. The topological polar surface area (TPSA) is 64.3 Å². The molecule has 1 saturated heterocycles. The maximum absolute atomic E-state index is 11.6. The van der Waals surface area contributed by atoms with Gasteiger partial charge in [-0.3, -0.25) is 4.79 Å². The van der Waals surface area contributed by atoms with Gasteiger partial charge in [0.05, 0.1) is 16.7 Å². The molecule has 2 rings (SSSR count). The largest absolute Gasteiger partial charge is 0.481 e. The molecule has 1 aromatic rings. The fourth-order valence-corrected chi connectivity index (χ4v) is 3.56. The van der Waals surface area contributed by atoms with Crippen LogP contribution in [0.25, 0.3) is 0 Å². The molecule has 1 heterocycles. The van der Waals surface area contributed by atoms with Crippen LogP contribution in [0.4, 0.5) is 5.69 Å². The normalized spacial score (nSPS) is 17.3. The van der Waals surface area contributed by atoms with Crippen molar-refractivity contribution in [2.45, 2.75) is 32.6 Å². The van der Waals surface area contributed by atoms with Gasteiger partial charge < -0.3 is 10.0 Å². The van der Waals surface area contributed by atoms with E-state index < -0.39 is 11.4 Å². The van der Waals surface area contributed by atoms with E-state index in [9.17, 15) is 15.2 Å². The molecule has 0 spiro atoms. The first-order valence-corrected chi connectivity index (χ1v) is 8.00. The molecule has 21 heavy (non-hydrogen) atoms. The molecule has 0 bridgehead atoms. The van der Waals surface area contributed by atoms with Gasteiger partial charge >= 0.3 is 5.97 Å². The average molecular weight is 351 g/mol. The Labute approximate surface area is 133 Å². The minimum atomic E-state index is -0.682. The molecule has 1 aromatic carbocycles. The number of hydrogen-bond acceptors (Lipinski definition) is 3. The van der Waals surface area contributed by atoms with E-state index >= 15 is 0 Å². The molecule has 0 amide bonds. The predicted molar refractivity (Wildman–Crippen MR) is 85.3 cm³/mol. The molecule has 0 atom stereocenters. The summed E-state index contributed by atoms with van der Waals surface area (Å²) in [7, 11) is 0. The molecule has 0 unspecified atom stereocenters. The summed E-state index contributed by atoms with van der Waals surface area (Å²) in [5.74, 6) is -0.682. The lowest BCUT2D eigenvalue weighted by atomic mass is 9.75. The van der Waals surface area contributed by atoms with Gasteiger partial charge in [-0.05, 0) is 47.3 Å². The van der Waals surface area contributed by atoms with Crippen LogP contribution in [0.5, 0.6) is 0 Å². The summed E-state index contributed by atoms with van der Waals surface area (Å²) in [4.78, 5) is 13.7. The van der Waals surface area contributed by atoms with Crippen molar-refractivity contribution in [3.8, 4) is 6.07 Å². The molecule has 1 N–H and O–H groups in total. The van der Waals surface area contributed by atoms with Crippen molar-refractivity contribution >= 4 is 27.6 Å². The van der Waals surface area contributed by atoms with Gasteiger partial charge in [0.25, 0.3) is 0 Å². The van der Waals surface area contributed by atoms with Crippen LogP contribution < -0.4 is 4.90 Å². The summed E-state index contributed by atoms with van der Waals surface area (Å²) in [6, 6.07) is 7.91. The molecule has 1 aliphatic heterocycles. The standard InChI is InChI=1S/C16H19BrN2O2/c1-2-6-16(15(20)21)7-9-19(10-8-16)14-5-3-4-13(17)12(14)11-18/h3-5H,2,6-10H2,1H3,(H,20,21). The number of carboxylic acids is 1. The molecule has 0 aromatic heterocycles. The molecular weight excluding hydrogens is 332 g/mol. The first-order chi connectivity index (χ1) is 10.0. The Balaban J connectivity index is 2.20. The van der Waals surface area contributed by atoms with Crippen LogP contribution in [0, 0.1) is 16.7 Å². The van der Waals surface area contributed by atoms with Crippen LogP contribution in [0.2, 0.25) is 0 Å². The van der Waals surface area contributed by atoms with Crippen molar-refractivity contribution < 1.29 is 9.90 Å². The van der Waals surface area contributed by atoms with Gasteiger partial charge in [-0.15, -0.1) is 0 Å². The monoisotopic (exact) mass is 350 g/mol. The molecule has 0 saturated carbocycles. The summed E-state index contributed by atoms with van der Waals surface area (Å²) >= 11 is 3.40. The predicted octanol–water partition coefficient (Wildman–Crippen LogP) is 3.79. The van der Waals surface area contributed by atoms with Crippen LogP contribution in [-0.4, -0.2) is 24.2 Å². The van der Waals surface area contributed by atoms with Gasteiger partial charge in [0.1, 0.15) is 6.07 Å². The molecule has 112 valence electrons. The van der Waals surface area contributed by atoms with Crippen molar-refractivity contribution in [3.63, 3.8) is 0 Å². The number of carbonyl (C=O) groups is 1. The third-order valence-corrected chi connectivity index (χ3v) is 5.01. The second kappa shape index (κ2) is 6.48. The first-order valence-electron chi connectivity index (χ1n) is 7.21. The fourth-order valence-electron chi connectivity index (χ4n) is 3.11. The minimum Gasteiger partial charge on any atom is -0.481 e. The number of aliphatic carboxylic acids is 1. The summed E-state index contributed by atoms with van der Waals surface area (Å²) in [6.45, 7) is 3.38. The molecule has 1 aliphatic rings. The van der Waals surface area contributed by atoms with E-state index in [4.69, 9.17) is 0 Å². The maximum Gasteiger partial charge on any atom is 0.309 e. The Hall–Kier alpha value is -1.54. The summed E-state index contributed by atoms with van der Waals surface area (Å²) in [5.41, 5.74) is 0.919. The highest BCUT2D eigenvalue weighted by molar-refractivity contribution is 9.10. The van der Waals surface area contributed by atoms with Gasteiger partial charge in [-0.2, -0.15) is 5.26 Å². The number of carboxylic acid groups (broad SMARTS) is 1. The lowest BCUT2D eigenvalue weighted by Gasteiger charge is -2.40. The van der Waals surface area contributed by atoms with Crippen molar-refractivity contribution in [2.75, 3.05) is 18.0 Å². The number of nitriles is 1. The zero-order valence-electron chi connectivity index (χ0n) is 12.1. The number of halogens is 1. The molecule has 0 aliphatic carbocycles. The smallest absolute Gasteiger partial charge is 0.309 e. The Morgan fingerprint density at radius 1 is 1.48 bits per heavy atom. The molecule has 0 radical (unpaired) electrons. The maximum atomic E-state index is 11.6. The molecular formula is C16H19BrN2O2. The third-order valence-electron chi connectivity index (χ3n) is 4.35. The van der Waals surface area contributed by atoms with E-state index in [1.165, 1.54) is 0 Å². The average Bonchev–Trinajstić information content (AvgIpc) is 2.48. The van der Waals surface area contributed by atoms with Gasteiger partial charge in [0, 0.05) is 17.6 Å². The number of rotatable bonds is 4. The minimum absolute atomic E-state index is 0.593. The van der Waals surface area contributed by atoms with Crippen LogP contribution in [-0.2, 0) is 4.79 Å². The SMILES string of the molecule is CCCC1(C(=O)O)CCN(c2cccc(Br)c2C#N)CC1. The van der Waals surface area contributed by atoms with Crippen LogP contribution in [0.3, 0.4) is 0 Å². The van der Waals surface area contributed by atoms with Crippen LogP contribution in [0.15, 0.2) is 22.7 Å². The summed E-state index contributed by atoms with van der Waals surface area (Å²) < 4.78 is 0.783. The highest BCUT2D eigenvalue weighted by Gasteiger charge is 2.40. The molecule has 5 heteroatoms. The Morgan fingerprint density at radius 2 is 2.14 bits per heavy atom.